The Morgan fingerprint density at radius 2 is 2.05 bits per heavy atom. The van der Waals surface area contributed by atoms with Crippen molar-refractivity contribution < 1.29 is 0 Å². The van der Waals surface area contributed by atoms with Gasteiger partial charge in [0, 0.05) is 25.3 Å². The summed E-state index contributed by atoms with van der Waals surface area (Å²) in [5.41, 5.74) is 2.48. The van der Waals surface area contributed by atoms with Gasteiger partial charge in [-0.3, -0.25) is 9.88 Å². The molecule has 0 radical (unpaired) electrons. The lowest BCUT2D eigenvalue weighted by molar-refractivity contribution is 0.198. The van der Waals surface area contributed by atoms with Crippen LogP contribution in [0.3, 0.4) is 0 Å². The maximum atomic E-state index is 4.61. The van der Waals surface area contributed by atoms with Gasteiger partial charge in [-0.2, -0.15) is 0 Å². The Hall–Kier alpha value is -0.930. The van der Waals surface area contributed by atoms with Gasteiger partial charge in [0.25, 0.3) is 0 Å². The van der Waals surface area contributed by atoms with E-state index in [1.807, 2.05) is 6.20 Å². The Morgan fingerprint density at radius 1 is 1.26 bits per heavy atom. The summed E-state index contributed by atoms with van der Waals surface area (Å²) >= 11 is 0. The first-order valence-corrected chi connectivity index (χ1v) is 7.72. The molecule has 1 saturated carbocycles. The van der Waals surface area contributed by atoms with E-state index in [1.54, 1.807) is 0 Å². The first-order valence-electron chi connectivity index (χ1n) is 7.72. The van der Waals surface area contributed by atoms with Gasteiger partial charge in [0.15, 0.2) is 0 Å². The second-order valence-corrected chi connectivity index (χ2v) is 5.44. The van der Waals surface area contributed by atoms with Crippen LogP contribution in [0.5, 0.6) is 0 Å². The molecule has 1 aromatic rings. The third-order valence-electron chi connectivity index (χ3n) is 4.08. The summed E-state index contributed by atoms with van der Waals surface area (Å²) in [5.74, 6) is 0. The summed E-state index contributed by atoms with van der Waals surface area (Å²) < 4.78 is 0. The van der Waals surface area contributed by atoms with Crippen molar-refractivity contribution in [1.29, 1.82) is 0 Å². The quantitative estimate of drug-likeness (QED) is 0.818. The zero-order valence-corrected chi connectivity index (χ0v) is 12.4. The van der Waals surface area contributed by atoms with Crippen LogP contribution in [0.2, 0.25) is 0 Å². The van der Waals surface area contributed by atoms with Gasteiger partial charge >= 0.3 is 0 Å². The molecule has 1 fully saturated rings. The first-order chi connectivity index (χ1) is 9.33. The molecule has 19 heavy (non-hydrogen) atoms. The number of nitrogens with zero attached hydrogens (tertiary/aromatic N) is 2. The Labute approximate surface area is 117 Å². The summed E-state index contributed by atoms with van der Waals surface area (Å²) in [4.78, 5) is 7.19. The van der Waals surface area contributed by atoms with Crippen LogP contribution >= 0.6 is 0 Å². The zero-order valence-electron chi connectivity index (χ0n) is 12.4. The minimum atomic E-state index is 0.785. The predicted octanol–water partition coefficient (Wildman–Crippen LogP) is 2.96. The number of nitrogens with one attached hydrogen (secondary N) is 1. The van der Waals surface area contributed by atoms with Crippen LogP contribution in [-0.4, -0.2) is 29.0 Å². The van der Waals surface area contributed by atoms with Crippen LogP contribution in [-0.2, 0) is 13.1 Å². The second kappa shape index (κ2) is 7.61. The molecule has 0 atom stereocenters. The Bertz CT molecular complexity index is 355. The number of rotatable bonds is 7. The molecule has 1 aromatic heterocycles. The molecular weight excluding hydrogens is 234 g/mol. The fraction of sp³-hybridized carbons (Fsp3) is 0.688. The van der Waals surface area contributed by atoms with E-state index < -0.39 is 0 Å². The lowest BCUT2D eigenvalue weighted by atomic mass is 10.2. The minimum absolute atomic E-state index is 0.785. The lowest BCUT2D eigenvalue weighted by Crippen LogP contribution is -2.32. The van der Waals surface area contributed by atoms with E-state index in [0.717, 1.165) is 32.2 Å². The van der Waals surface area contributed by atoms with Crippen molar-refractivity contribution in [1.82, 2.24) is 15.2 Å². The molecule has 0 unspecified atom stereocenters. The van der Waals surface area contributed by atoms with E-state index in [2.05, 4.69) is 41.2 Å². The van der Waals surface area contributed by atoms with Gasteiger partial charge in [-0.1, -0.05) is 32.8 Å². The summed E-state index contributed by atoms with van der Waals surface area (Å²) in [5, 5.41) is 3.33. The van der Waals surface area contributed by atoms with Crippen molar-refractivity contribution >= 4 is 0 Å². The number of hydrogen-bond acceptors (Lipinski definition) is 3. The van der Waals surface area contributed by atoms with E-state index in [4.69, 9.17) is 0 Å². The Balaban J connectivity index is 1.89. The van der Waals surface area contributed by atoms with Crippen LogP contribution in [0.25, 0.3) is 0 Å². The zero-order chi connectivity index (χ0) is 13.5. The standard InChI is InChI=1S/C16H27N3/c1-3-17-11-14-9-10-15(18-12-14)13-19(4-2)16-7-5-6-8-16/h9-10,12,16-17H,3-8,11,13H2,1-2H3. The van der Waals surface area contributed by atoms with E-state index in [-0.39, 0.29) is 0 Å². The molecule has 1 N–H and O–H groups in total. The van der Waals surface area contributed by atoms with Crippen LogP contribution in [0, 0.1) is 0 Å². The number of aromatic nitrogens is 1. The largest absolute Gasteiger partial charge is 0.313 e. The Morgan fingerprint density at radius 3 is 2.63 bits per heavy atom. The summed E-state index contributed by atoms with van der Waals surface area (Å²) in [6.07, 6.45) is 7.55. The SMILES string of the molecule is CCNCc1ccc(CN(CC)C2CCCC2)nc1. The van der Waals surface area contributed by atoms with Crippen molar-refractivity contribution in [2.45, 2.75) is 58.7 Å². The highest BCUT2D eigenvalue weighted by molar-refractivity contribution is 5.14. The molecular formula is C16H27N3. The van der Waals surface area contributed by atoms with Gasteiger partial charge in [-0.15, -0.1) is 0 Å². The van der Waals surface area contributed by atoms with Crippen molar-refractivity contribution in [2.24, 2.45) is 0 Å². The first kappa shape index (κ1) is 14.5. The third kappa shape index (κ3) is 4.29. The monoisotopic (exact) mass is 261 g/mol. The minimum Gasteiger partial charge on any atom is -0.313 e. The van der Waals surface area contributed by atoms with Crippen molar-refractivity contribution in [3.63, 3.8) is 0 Å². The molecule has 0 aliphatic heterocycles. The van der Waals surface area contributed by atoms with Crippen LogP contribution in [0.15, 0.2) is 18.3 Å². The van der Waals surface area contributed by atoms with Gasteiger partial charge in [-0.05, 0) is 37.6 Å². The molecule has 0 aromatic carbocycles. The third-order valence-corrected chi connectivity index (χ3v) is 4.08. The van der Waals surface area contributed by atoms with Crippen molar-refractivity contribution in [3.05, 3.63) is 29.6 Å². The molecule has 3 heteroatoms. The fourth-order valence-corrected chi connectivity index (χ4v) is 2.90. The molecule has 0 spiro atoms. The van der Waals surface area contributed by atoms with Crippen LogP contribution in [0.4, 0.5) is 0 Å². The smallest absolute Gasteiger partial charge is 0.0544 e. The highest BCUT2D eigenvalue weighted by atomic mass is 15.2. The van der Waals surface area contributed by atoms with E-state index in [9.17, 15) is 0 Å². The maximum Gasteiger partial charge on any atom is 0.0544 e. The molecule has 0 amide bonds. The summed E-state index contributed by atoms with van der Waals surface area (Å²) in [6, 6.07) is 5.17. The second-order valence-electron chi connectivity index (χ2n) is 5.44. The lowest BCUT2D eigenvalue weighted by Gasteiger charge is -2.26. The van der Waals surface area contributed by atoms with E-state index in [0.29, 0.717) is 0 Å². The molecule has 0 bridgehead atoms. The van der Waals surface area contributed by atoms with Gasteiger partial charge in [-0.25, -0.2) is 0 Å². The average molecular weight is 261 g/mol. The molecule has 2 rings (SSSR count). The van der Waals surface area contributed by atoms with E-state index >= 15 is 0 Å². The summed E-state index contributed by atoms with van der Waals surface area (Å²) in [7, 11) is 0. The van der Waals surface area contributed by atoms with E-state index in [1.165, 1.54) is 36.9 Å². The number of hydrogen-bond donors (Lipinski definition) is 1. The highest BCUT2D eigenvalue weighted by Crippen LogP contribution is 2.24. The van der Waals surface area contributed by atoms with Crippen LogP contribution < -0.4 is 5.32 Å². The molecule has 0 saturated heterocycles. The molecule has 1 heterocycles. The van der Waals surface area contributed by atoms with Gasteiger partial charge < -0.3 is 5.32 Å². The van der Waals surface area contributed by atoms with Gasteiger partial charge in [0.2, 0.25) is 0 Å². The van der Waals surface area contributed by atoms with Crippen LogP contribution in [0.1, 0.15) is 50.8 Å². The van der Waals surface area contributed by atoms with Gasteiger partial charge in [0.05, 0.1) is 5.69 Å². The Kier molecular flexibility index (Phi) is 5.80. The van der Waals surface area contributed by atoms with Gasteiger partial charge in [0.1, 0.15) is 0 Å². The highest BCUT2D eigenvalue weighted by Gasteiger charge is 2.21. The topological polar surface area (TPSA) is 28.2 Å². The van der Waals surface area contributed by atoms with Crippen molar-refractivity contribution in [2.75, 3.05) is 13.1 Å². The average Bonchev–Trinajstić information content (AvgIpc) is 2.98. The number of pyridine rings is 1. The van der Waals surface area contributed by atoms with Crippen molar-refractivity contribution in [3.8, 4) is 0 Å². The maximum absolute atomic E-state index is 4.61. The molecule has 106 valence electrons. The molecule has 3 nitrogen and oxygen atoms in total. The normalized spacial score (nSPS) is 16.4. The fourth-order valence-electron chi connectivity index (χ4n) is 2.90. The molecule has 1 aliphatic carbocycles. The molecule has 1 aliphatic rings. The predicted molar refractivity (Wildman–Crippen MR) is 80.0 cm³/mol. The summed E-state index contributed by atoms with van der Waals surface area (Å²) in [6.45, 7) is 8.45.